The molecule has 0 aliphatic carbocycles. The molecule has 2 saturated heterocycles. The van der Waals surface area contributed by atoms with Gasteiger partial charge in [-0.2, -0.15) is 0 Å². The van der Waals surface area contributed by atoms with Crippen molar-refractivity contribution in [3.8, 4) is 0 Å². The second-order valence-corrected chi connectivity index (χ2v) is 7.52. The SMILES string of the molecule is CC1(C)CCCN(C2CCNCC2)C1Cc1ccccc1. The number of benzene rings is 1. The summed E-state index contributed by atoms with van der Waals surface area (Å²) in [6, 6.07) is 12.6. The summed E-state index contributed by atoms with van der Waals surface area (Å²) in [6.07, 6.45) is 6.58. The molecule has 21 heavy (non-hydrogen) atoms. The van der Waals surface area contributed by atoms with Crippen molar-refractivity contribution in [3.63, 3.8) is 0 Å². The Balaban J connectivity index is 1.79. The maximum absolute atomic E-state index is 3.51. The lowest BCUT2D eigenvalue weighted by Crippen LogP contribution is -2.56. The van der Waals surface area contributed by atoms with Crippen molar-refractivity contribution in [1.29, 1.82) is 0 Å². The van der Waals surface area contributed by atoms with Crippen molar-refractivity contribution < 1.29 is 0 Å². The number of nitrogens with zero attached hydrogens (tertiary/aromatic N) is 1. The minimum Gasteiger partial charge on any atom is -0.317 e. The van der Waals surface area contributed by atoms with Crippen LogP contribution in [0.15, 0.2) is 30.3 Å². The van der Waals surface area contributed by atoms with Crippen LogP contribution in [0.5, 0.6) is 0 Å². The first-order valence-corrected chi connectivity index (χ1v) is 8.67. The van der Waals surface area contributed by atoms with Gasteiger partial charge in [0, 0.05) is 12.1 Å². The fourth-order valence-corrected chi connectivity index (χ4v) is 4.29. The molecule has 0 bridgehead atoms. The number of hydrogen-bond donors (Lipinski definition) is 1. The number of nitrogens with one attached hydrogen (secondary N) is 1. The molecule has 2 nitrogen and oxygen atoms in total. The Kier molecular flexibility index (Phi) is 4.66. The highest BCUT2D eigenvalue weighted by Gasteiger charge is 2.40. The lowest BCUT2D eigenvalue weighted by atomic mass is 9.73. The van der Waals surface area contributed by atoms with E-state index in [1.807, 2.05) is 0 Å². The molecular weight excluding hydrogens is 256 g/mol. The van der Waals surface area contributed by atoms with E-state index < -0.39 is 0 Å². The van der Waals surface area contributed by atoms with Crippen molar-refractivity contribution >= 4 is 0 Å². The third kappa shape index (κ3) is 3.49. The van der Waals surface area contributed by atoms with Crippen LogP contribution < -0.4 is 5.32 Å². The first kappa shape index (κ1) is 15.1. The van der Waals surface area contributed by atoms with Gasteiger partial charge in [0.25, 0.3) is 0 Å². The molecule has 1 N–H and O–H groups in total. The minimum atomic E-state index is 0.430. The van der Waals surface area contributed by atoms with Crippen LogP contribution in [-0.2, 0) is 6.42 Å². The Hall–Kier alpha value is -0.860. The van der Waals surface area contributed by atoms with Crippen LogP contribution in [0.25, 0.3) is 0 Å². The van der Waals surface area contributed by atoms with Crippen molar-refractivity contribution in [1.82, 2.24) is 10.2 Å². The van der Waals surface area contributed by atoms with Crippen LogP contribution in [0.1, 0.15) is 45.1 Å². The second-order valence-electron chi connectivity index (χ2n) is 7.52. The first-order chi connectivity index (χ1) is 10.2. The molecule has 2 heteroatoms. The summed E-state index contributed by atoms with van der Waals surface area (Å²) in [6.45, 7) is 8.65. The predicted octanol–water partition coefficient (Wildman–Crippen LogP) is 3.47. The molecule has 2 fully saturated rings. The summed E-state index contributed by atoms with van der Waals surface area (Å²) < 4.78 is 0. The fourth-order valence-electron chi connectivity index (χ4n) is 4.29. The highest BCUT2D eigenvalue weighted by atomic mass is 15.2. The van der Waals surface area contributed by atoms with Crippen molar-refractivity contribution in [2.45, 2.75) is 58.0 Å². The predicted molar refractivity (Wildman–Crippen MR) is 89.5 cm³/mol. The number of likely N-dealkylation sites (tertiary alicyclic amines) is 1. The summed E-state index contributed by atoms with van der Waals surface area (Å²) in [5.74, 6) is 0. The van der Waals surface area contributed by atoms with Gasteiger partial charge >= 0.3 is 0 Å². The molecule has 0 saturated carbocycles. The topological polar surface area (TPSA) is 15.3 Å². The molecule has 2 aliphatic rings. The van der Waals surface area contributed by atoms with Gasteiger partial charge in [0.2, 0.25) is 0 Å². The molecule has 116 valence electrons. The molecule has 0 amide bonds. The van der Waals surface area contributed by atoms with Crippen LogP contribution in [0, 0.1) is 5.41 Å². The van der Waals surface area contributed by atoms with Gasteiger partial charge in [0.05, 0.1) is 0 Å². The second kappa shape index (κ2) is 6.50. The van der Waals surface area contributed by atoms with E-state index in [0.717, 1.165) is 6.04 Å². The zero-order chi connectivity index (χ0) is 14.7. The number of hydrogen-bond acceptors (Lipinski definition) is 2. The lowest BCUT2D eigenvalue weighted by Gasteiger charge is -2.51. The third-order valence-electron chi connectivity index (χ3n) is 5.59. The van der Waals surface area contributed by atoms with E-state index in [2.05, 4.69) is 54.4 Å². The largest absolute Gasteiger partial charge is 0.317 e. The molecule has 1 atom stereocenters. The van der Waals surface area contributed by atoms with Crippen LogP contribution >= 0.6 is 0 Å². The summed E-state index contributed by atoms with van der Waals surface area (Å²) in [5, 5.41) is 3.51. The minimum absolute atomic E-state index is 0.430. The smallest absolute Gasteiger partial charge is 0.0190 e. The molecule has 3 rings (SSSR count). The van der Waals surface area contributed by atoms with Gasteiger partial charge in [-0.1, -0.05) is 44.2 Å². The summed E-state index contributed by atoms with van der Waals surface area (Å²) in [5.41, 5.74) is 1.93. The third-order valence-corrected chi connectivity index (χ3v) is 5.59. The van der Waals surface area contributed by atoms with Crippen LogP contribution in [-0.4, -0.2) is 36.6 Å². The van der Waals surface area contributed by atoms with E-state index in [1.165, 1.54) is 57.3 Å². The van der Waals surface area contributed by atoms with Gasteiger partial charge in [0.15, 0.2) is 0 Å². The van der Waals surface area contributed by atoms with E-state index >= 15 is 0 Å². The fraction of sp³-hybridized carbons (Fsp3) is 0.684. The van der Waals surface area contributed by atoms with Gasteiger partial charge in [-0.05, 0) is 62.7 Å². The van der Waals surface area contributed by atoms with Gasteiger partial charge in [-0.25, -0.2) is 0 Å². The van der Waals surface area contributed by atoms with Gasteiger partial charge < -0.3 is 5.32 Å². The normalized spacial score (nSPS) is 27.6. The molecule has 0 spiro atoms. The van der Waals surface area contributed by atoms with Crippen LogP contribution in [0.3, 0.4) is 0 Å². The quantitative estimate of drug-likeness (QED) is 0.915. The van der Waals surface area contributed by atoms with E-state index in [-0.39, 0.29) is 0 Å². The summed E-state index contributed by atoms with van der Waals surface area (Å²) >= 11 is 0. The van der Waals surface area contributed by atoms with Crippen LogP contribution in [0.4, 0.5) is 0 Å². The monoisotopic (exact) mass is 286 g/mol. The zero-order valence-corrected chi connectivity index (χ0v) is 13.6. The Morgan fingerprint density at radius 3 is 2.57 bits per heavy atom. The Bertz CT molecular complexity index is 434. The summed E-state index contributed by atoms with van der Waals surface area (Å²) in [7, 11) is 0. The first-order valence-electron chi connectivity index (χ1n) is 8.67. The van der Waals surface area contributed by atoms with E-state index in [9.17, 15) is 0 Å². The number of piperidine rings is 2. The highest BCUT2D eigenvalue weighted by Crippen LogP contribution is 2.39. The van der Waals surface area contributed by atoms with E-state index in [4.69, 9.17) is 0 Å². The molecular formula is C19H30N2. The molecule has 1 unspecified atom stereocenters. The average molecular weight is 286 g/mol. The van der Waals surface area contributed by atoms with Crippen molar-refractivity contribution in [3.05, 3.63) is 35.9 Å². The van der Waals surface area contributed by atoms with E-state index in [0.29, 0.717) is 11.5 Å². The van der Waals surface area contributed by atoms with Gasteiger partial charge in [0.1, 0.15) is 0 Å². The zero-order valence-electron chi connectivity index (χ0n) is 13.6. The Morgan fingerprint density at radius 2 is 1.86 bits per heavy atom. The van der Waals surface area contributed by atoms with Crippen LogP contribution in [0.2, 0.25) is 0 Å². The molecule has 0 radical (unpaired) electrons. The summed E-state index contributed by atoms with van der Waals surface area (Å²) in [4.78, 5) is 2.86. The Morgan fingerprint density at radius 1 is 1.14 bits per heavy atom. The number of rotatable bonds is 3. The van der Waals surface area contributed by atoms with Gasteiger partial charge in [-0.3, -0.25) is 4.90 Å². The van der Waals surface area contributed by atoms with Gasteiger partial charge in [-0.15, -0.1) is 0 Å². The molecule has 1 aromatic rings. The molecule has 2 aliphatic heterocycles. The standard InChI is InChI=1S/C19H30N2/c1-19(2)11-6-14-21(17-9-12-20-13-10-17)18(19)15-16-7-4-3-5-8-16/h3-5,7-8,17-18,20H,6,9-15H2,1-2H3. The van der Waals surface area contributed by atoms with Crippen molar-refractivity contribution in [2.24, 2.45) is 5.41 Å². The van der Waals surface area contributed by atoms with Crippen molar-refractivity contribution in [2.75, 3.05) is 19.6 Å². The van der Waals surface area contributed by atoms with E-state index in [1.54, 1.807) is 0 Å². The molecule has 1 aromatic carbocycles. The maximum Gasteiger partial charge on any atom is 0.0190 e. The Labute approximate surface area is 129 Å². The lowest BCUT2D eigenvalue weighted by molar-refractivity contribution is -0.00336. The highest BCUT2D eigenvalue weighted by molar-refractivity contribution is 5.17. The molecule has 0 aromatic heterocycles. The average Bonchev–Trinajstić information content (AvgIpc) is 2.51. The maximum atomic E-state index is 3.51. The molecule has 2 heterocycles.